The maximum Gasteiger partial charge on any atom is 0.121 e. The second-order valence-corrected chi connectivity index (χ2v) is 4.56. The maximum atomic E-state index is 4.63. The summed E-state index contributed by atoms with van der Waals surface area (Å²) in [5, 5.41) is 11.0. The van der Waals surface area contributed by atoms with Gasteiger partial charge in [-0.25, -0.2) is 4.63 Å². The van der Waals surface area contributed by atoms with Crippen LogP contribution < -0.4 is 5.32 Å². The Morgan fingerprint density at radius 2 is 2.21 bits per heavy atom. The molecule has 0 radical (unpaired) electrons. The predicted octanol–water partition coefficient (Wildman–Crippen LogP) is 1.66. The van der Waals surface area contributed by atoms with Crippen LogP contribution in [0.4, 0.5) is 0 Å². The highest BCUT2D eigenvalue weighted by molar-refractivity contribution is 5.04. The molecule has 1 aliphatic carbocycles. The first-order chi connectivity index (χ1) is 6.70. The zero-order valence-electron chi connectivity index (χ0n) is 8.84. The maximum absolute atomic E-state index is 4.63. The molecule has 4 nitrogen and oxygen atoms in total. The number of rotatable bonds is 4. The Bertz CT molecular complexity index is 304. The molecular formula is C10H17N3O. The van der Waals surface area contributed by atoms with Gasteiger partial charge in [0.05, 0.1) is 0 Å². The third-order valence-corrected chi connectivity index (χ3v) is 3.15. The lowest BCUT2D eigenvalue weighted by Crippen LogP contribution is -2.37. The van der Waals surface area contributed by atoms with Crippen molar-refractivity contribution < 1.29 is 4.63 Å². The van der Waals surface area contributed by atoms with Gasteiger partial charge in [-0.15, -0.1) is 0 Å². The second kappa shape index (κ2) is 3.69. The first-order valence-electron chi connectivity index (χ1n) is 5.18. The van der Waals surface area contributed by atoms with Crippen molar-refractivity contribution in [2.45, 2.75) is 39.7 Å². The van der Waals surface area contributed by atoms with Crippen molar-refractivity contribution in [2.24, 2.45) is 5.41 Å². The summed E-state index contributed by atoms with van der Waals surface area (Å²) in [4.78, 5) is 0. The Morgan fingerprint density at radius 3 is 2.71 bits per heavy atom. The van der Waals surface area contributed by atoms with Gasteiger partial charge in [-0.2, -0.15) is 0 Å². The van der Waals surface area contributed by atoms with E-state index < -0.39 is 0 Å². The Labute approximate surface area is 84.0 Å². The molecule has 0 unspecified atom stereocenters. The van der Waals surface area contributed by atoms with Gasteiger partial charge in [-0.3, -0.25) is 0 Å². The van der Waals surface area contributed by atoms with Crippen LogP contribution in [-0.4, -0.2) is 16.9 Å². The van der Waals surface area contributed by atoms with E-state index in [0.29, 0.717) is 5.41 Å². The average molecular weight is 195 g/mol. The van der Waals surface area contributed by atoms with E-state index in [0.717, 1.165) is 24.5 Å². The second-order valence-electron chi connectivity index (χ2n) is 4.56. The monoisotopic (exact) mass is 195 g/mol. The van der Waals surface area contributed by atoms with Crippen LogP contribution in [0.1, 0.15) is 37.6 Å². The highest BCUT2D eigenvalue weighted by Gasteiger charge is 2.30. The van der Waals surface area contributed by atoms with Gasteiger partial charge in [-0.1, -0.05) is 23.7 Å². The molecule has 14 heavy (non-hydrogen) atoms. The molecule has 1 heterocycles. The highest BCUT2D eigenvalue weighted by Crippen LogP contribution is 2.39. The van der Waals surface area contributed by atoms with Crippen molar-refractivity contribution in [3.05, 3.63) is 11.4 Å². The summed E-state index contributed by atoms with van der Waals surface area (Å²) in [5.74, 6) is 0. The molecule has 1 aromatic heterocycles. The van der Waals surface area contributed by atoms with Crippen LogP contribution in [0.25, 0.3) is 0 Å². The molecule has 1 fully saturated rings. The van der Waals surface area contributed by atoms with Crippen LogP contribution in [0.3, 0.4) is 0 Å². The van der Waals surface area contributed by atoms with E-state index >= 15 is 0 Å². The summed E-state index contributed by atoms with van der Waals surface area (Å²) in [6.07, 6.45) is 4.06. The van der Waals surface area contributed by atoms with Crippen LogP contribution >= 0.6 is 0 Å². The van der Waals surface area contributed by atoms with E-state index in [4.69, 9.17) is 0 Å². The van der Waals surface area contributed by atoms with Crippen molar-refractivity contribution in [2.75, 3.05) is 6.54 Å². The van der Waals surface area contributed by atoms with E-state index in [1.54, 1.807) is 0 Å². The number of nitrogens with one attached hydrogen (secondary N) is 1. The summed E-state index contributed by atoms with van der Waals surface area (Å²) < 4.78 is 4.63. The molecular weight excluding hydrogens is 178 g/mol. The fraction of sp³-hybridized carbons (Fsp3) is 0.800. The lowest BCUT2D eigenvalue weighted by atomic mass is 9.70. The zero-order chi connectivity index (χ0) is 10.0. The molecule has 0 bridgehead atoms. The van der Waals surface area contributed by atoms with E-state index in [-0.39, 0.29) is 0 Å². The molecule has 1 saturated carbocycles. The van der Waals surface area contributed by atoms with Gasteiger partial charge in [-0.05, 0) is 25.2 Å². The van der Waals surface area contributed by atoms with Gasteiger partial charge in [0.15, 0.2) is 0 Å². The average Bonchev–Trinajstić information content (AvgIpc) is 2.49. The van der Waals surface area contributed by atoms with Gasteiger partial charge in [0, 0.05) is 13.1 Å². The minimum atomic E-state index is 0.519. The molecule has 1 N–H and O–H groups in total. The first-order valence-corrected chi connectivity index (χ1v) is 5.18. The van der Waals surface area contributed by atoms with E-state index in [1.165, 1.54) is 19.3 Å². The molecule has 0 aromatic carbocycles. The summed E-state index contributed by atoms with van der Waals surface area (Å²) in [5.41, 5.74) is 2.33. The summed E-state index contributed by atoms with van der Waals surface area (Å²) >= 11 is 0. The molecule has 0 saturated heterocycles. The van der Waals surface area contributed by atoms with Crippen molar-refractivity contribution in [3.8, 4) is 0 Å². The van der Waals surface area contributed by atoms with Gasteiger partial charge in [0.25, 0.3) is 0 Å². The normalized spacial score (nSPS) is 19.3. The Kier molecular flexibility index (Phi) is 2.54. The number of nitrogens with zero attached hydrogens (tertiary/aromatic N) is 2. The molecule has 0 spiro atoms. The van der Waals surface area contributed by atoms with Crippen molar-refractivity contribution in [1.82, 2.24) is 15.6 Å². The smallest absolute Gasteiger partial charge is 0.121 e. The summed E-state index contributed by atoms with van der Waals surface area (Å²) in [6, 6.07) is 0. The first kappa shape index (κ1) is 9.65. The topological polar surface area (TPSA) is 51.0 Å². The quantitative estimate of drug-likeness (QED) is 0.793. The standard InChI is InChI=1S/C10H17N3O/c1-8-9(13-14-12-8)6-11-7-10(2)4-3-5-10/h11H,3-7H2,1-2H3. The molecule has 0 atom stereocenters. The van der Waals surface area contributed by atoms with Crippen LogP contribution in [0.2, 0.25) is 0 Å². The Hall–Kier alpha value is -0.900. The van der Waals surface area contributed by atoms with Gasteiger partial charge < -0.3 is 5.32 Å². The Balaban J connectivity index is 1.75. The molecule has 4 heteroatoms. The fourth-order valence-corrected chi connectivity index (χ4v) is 1.85. The largest absolute Gasteiger partial charge is 0.310 e. The third kappa shape index (κ3) is 1.95. The summed E-state index contributed by atoms with van der Waals surface area (Å²) in [7, 11) is 0. The third-order valence-electron chi connectivity index (χ3n) is 3.15. The van der Waals surface area contributed by atoms with Crippen molar-refractivity contribution >= 4 is 0 Å². The van der Waals surface area contributed by atoms with Crippen LogP contribution in [0.15, 0.2) is 4.63 Å². The minimum absolute atomic E-state index is 0.519. The Morgan fingerprint density at radius 1 is 1.43 bits per heavy atom. The molecule has 0 aliphatic heterocycles. The molecule has 78 valence electrons. The lowest BCUT2D eigenvalue weighted by molar-refractivity contribution is 0.156. The van der Waals surface area contributed by atoms with Crippen LogP contribution in [0.5, 0.6) is 0 Å². The molecule has 2 rings (SSSR count). The lowest BCUT2D eigenvalue weighted by Gasteiger charge is -2.38. The SMILES string of the molecule is Cc1nonc1CNCC1(C)CCC1. The van der Waals surface area contributed by atoms with Crippen molar-refractivity contribution in [1.29, 1.82) is 0 Å². The highest BCUT2D eigenvalue weighted by atomic mass is 16.6. The number of hydrogen-bond acceptors (Lipinski definition) is 4. The van der Waals surface area contributed by atoms with Gasteiger partial charge >= 0.3 is 0 Å². The van der Waals surface area contributed by atoms with Gasteiger partial charge in [0.2, 0.25) is 0 Å². The number of aryl methyl sites for hydroxylation is 1. The zero-order valence-corrected chi connectivity index (χ0v) is 8.84. The van der Waals surface area contributed by atoms with Gasteiger partial charge in [0.1, 0.15) is 11.4 Å². The number of aromatic nitrogens is 2. The minimum Gasteiger partial charge on any atom is -0.310 e. The van der Waals surface area contributed by atoms with Crippen LogP contribution in [0, 0.1) is 12.3 Å². The van der Waals surface area contributed by atoms with E-state index in [1.807, 2.05) is 6.92 Å². The van der Waals surface area contributed by atoms with E-state index in [9.17, 15) is 0 Å². The summed E-state index contributed by atoms with van der Waals surface area (Å²) in [6.45, 7) is 6.08. The molecule has 1 aromatic rings. The van der Waals surface area contributed by atoms with E-state index in [2.05, 4.69) is 27.2 Å². The number of hydrogen-bond donors (Lipinski definition) is 1. The molecule has 0 amide bonds. The predicted molar refractivity (Wildman–Crippen MR) is 52.7 cm³/mol. The van der Waals surface area contributed by atoms with Crippen molar-refractivity contribution in [3.63, 3.8) is 0 Å². The van der Waals surface area contributed by atoms with Crippen LogP contribution in [-0.2, 0) is 6.54 Å². The fourth-order valence-electron chi connectivity index (χ4n) is 1.85. The molecule has 1 aliphatic rings.